The molecule has 0 radical (unpaired) electrons. The lowest BCUT2D eigenvalue weighted by atomic mass is 9.93. The van der Waals surface area contributed by atoms with E-state index in [1.165, 1.54) is 32.8 Å². The number of rotatable bonds is 1. The van der Waals surface area contributed by atoms with Crippen LogP contribution in [0.4, 0.5) is 0 Å². The summed E-state index contributed by atoms with van der Waals surface area (Å²) in [6, 6.07) is 21.3. The van der Waals surface area contributed by atoms with Crippen molar-refractivity contribution in [3.8, 4) is 11.1 Å². The topological polar surface area (TPSA) is 29.7 Å². The number of fused-ring (bicyclic) bond motifs is 6. The zero-order valence-corrected chi connectivity index (χ0v) is 14.8. The summed E-state index contributed by atoms with van der Waals surface area (Å²) in [7, 11) is 2.08. The zero-order chi connectivity index (χ0) is 17.7. The van der Waals surface area contributed by atoms with Crippen molar-refractivity contribution in [3.63, 3.8) is 0 Å². The molecule has 0 N–H and O–H groups in total. The second-order valence-electron chi connectivity index (χ2n) is 6.66. The second-order valence-corrected chi connectivity index (χ2v) is 6.66. The maximum Gasteiger partial charge on any atom is 0.224 e. The van der Waals surface area contributed by atoms with Crippen LogP contribution in [0.3, 0.4) is 0 Å². The SMILES string of the molecule is Cc1ncnc2c3c(-c4ccccc4)cccc3c3ccc[n+](C)c3c12. The third kappa shape index (κ3) is 2.04. The number of aryl methyl sites for hydroxylation is 2. The van der Waals surface area contributed by atoms with Gasteiger partial charge in [0.15, 0.2) is 6.20 Å². The molecule has 2 aromatic heterocycles. The van der Waals surface area contributed by atoms with Crippen LogP contribution in [0, 0.1) is 6.92 Å². The minimum Gasteiger partial charge on any atom is -0.241 e. The van der Waals surface area contributed by atoms with Crippen molar-refractivity contribution in [2.75, 3.05) is 0 Å². The molecule has 3 nitrogen and oxygen atoms in total. The van der Waals surface area contributed by atoms with Crippen molar-refractivity contribution >= 4 is 32.6 Å². The molecule has 0 aliphatic heterocycles. The largest absolute Gasteiger partial charge is 0.241 e. The quantitative estimate of drug-likeness (QED) is 0.327. The van der Waals surface area contributed by atoms with Crippen LogP contribution in [0.1, 0.15) is 5.69 Å². The number of hydrogen-bond donors (Lipinski definition) is 0. The molecule has 0 aliphatic carbocycles. The van der Waals surface area contributed by atoms with Gasteiger partial charge in [-0.2, -0.15) is 0 Å². The van der Waals surface area contributed by atoms with Gasteiger partial charge in [-0.3, -0.25) is 0 Å². The van der Waals surface area contributed by atoms with Gasteiger partial charge in [-0.25, -0.2) is 14.5 Å². The number of benzene rings is 3. The van der Waals surface area contributed by atoms with Gasteiger partial charge in [0.2, 0.25) is 5.52 Å². The van der Waals surface area contributed by atoms with E-state index in [2.05, 4.69) is 90.4 Å². The van der Waals surface area contributed by atoms with Crippen molar-refractivity contribution in [1.82, 2.24) is 9.97 Å². The highest BCUT2D eigenvalue weighted by Gasteiger charge is 2.20. The fraction of sp³-hybridized carbons (Fsp3) is 0.0870. The molecule has 0 aliphatic rings. The van der Waals surface area contributed by atoms with Crippen LogP contribution < -0.4 is 4.57 Å². The molecule has 124 valence electrons. The van der Waals surface area contributed by atoms with Crippen molar-refractivity contribution in [3.05, 3.63) is 78.9 Å². The van der Waals surface area contributed by atoms with E-state index in [-0.39, 0.29) is 0 Å². The minimum absolute atomic E-state index is 1.01. The molecule has 5 rings (SSSR count). The Kier molecular flexibility index (Phi) is 3.22. The van der Waals surface area contributed by atoms with E-state index >= 15 is 0 Å². The molecule has 0 amide bonds. The van der Waals surface area contributed by atoms with E-state index in [9.17, 15) is 0 Å². The molecule has 0 spiro atoms. The summed E-state index contributed by atoms with van der Waals surface area (Å²) in [5.74, 6) is 0. The van der Waals surface area contributed by atoms with Crippen LogP contribution in [0.15, 0.2) is 73.2 Å². The summed E-state index contributed by atoms with van der Waals surface area (Å²) in [6.07, 6.45) is 3.76. The monoisotopic (exact) mass is 336 g/mol. The lowest BCUT2D eigenvalue weighted by Crippen LogP contribution is -2.28. The smallest absolute Gasteiger partial charge is 0.224 e. The van der Waals surface area contributed by atoms with Gasteiger partial charge in [0, 0.05) is 11.5 Å². The first-order chi connectivity index (χ1) is 12.8. The van der Waals surface area contributed by atoms with Crippen LogP contribution in [-0.2, 0) is 7.05 Å². The predicted octanol–water partition coefficient (Wildman–Crippen LogP) is 4.74. The Morgan fingerprint density at radius 2 is 1.58 bits per heavy atom. The fourth-order valence-electron chi connectivity index (χ4n) is 3.98. The second kappa shape index (κ2) is 5.60. The number of nitrogens with zero attached hydrogens (tertiary/aromatic N) is 3. The van der Waals surface area contributed by atoms with Crippen LogP contribution in [0.25, 0.3) is 43.7 Å². The Labute approximate surface area is 151 Å². The van der Waals surface area contributed by atoms with Gasteiger partial charge in [-0.05, 0) is 29.5 Å². The number of hydrogen-bond acceptors (Lipinski definition) is 2. The van der Waals surface area contributed by atoms with Crippen molar-refractivity contribution in [2.45, 2.75) is 6.92 Å². The summed E-state index contributed by atoms with van der Waals surface area (Å²) in [5, 5.41) is 4.77. The van der Waals surface area contributed by atoms with Gasteiger partial charge in [0.05, 0.1) is 22.0 Å². The first kappa shape index (κ1) is 15.0. The molecule has 3 heteroatoms. The average Bonchev–Trinajstić information content (AvgIpc) is 2.68. The highest BCUT2D eigenvalue weighted by atomic mass is 14.9. The number of pyridine rings is 1. The van der Waals surface area contributed by atoms with Crippen LogP contribution in [0.2, 0.25) is 0 Å². The first-order valence-electron chi connectivity index (χ1n) is 8.75. The van der Waals surface area contributed by atoms with Gasteiger partial charge in [0.25, 0.3) is 0 Å². The van der Waals surface area contributed by atoms with Crippen molar-refractivity contribution in [1.29, 1.82) is 0 Å². The summed E-state index contributed by atoms with van der Waals surface area (Å²) < 4.78 is 2.17. The van der Waals surface area contributed by atoms with Gasteiger partial charge in [0.1, 0.15) is 13.4 Å². The molecule has 0 fully saturated rings. The van der Waals surface area contributed by atoms with E-state index in [1.807, 2.05) is 0 Å². The van der Waals surface area contributed by atoms with Crippen LogP contribution >= 0.6 is 0 Å². The highest BCUT2D eigenvalue weighted by molar-refractivity contribution is 6.25. The van der Waals surface area contributed by atoms with E-state index in [4.69, 9.17) is 4.98 Å². The van der Waals surface area contributed by atoms with Crippen molar-refractivity contribution in [2.24, 2.45) is 7.05 Å². The third-order valence-electron chi connectivity index (χ3n) is 5.13. The Bertz CT molecular complexity index is 1290. The highest BCUT2D eigenvalue weighted by Crippen LogP contribution is 2.38. The maximum absolute atomic E-state index is 4.72. The molecule has 2 heterocycles. The zero-order valence-electron chi connectivity index (χ0n) is 14.8. The summed E-state index contributed by atoms with van der Waals surface area (Å²) in [5.41, 5.74) is 5.61. The summed E-state index contributed by atoms with van der Waals surface area (Å²) >= 11 is 0. The van der Waals surface area contributed by atoms with Crippen molar-refractivity contribution < 1.29 is 4.57 Å². The summed E-state index contributed by atoms with van der Waals surface area (Å²) in [6.45, 7) is 2.06. The molecule has 0 saturated heterocycles. The Morgan fingerprint density at radius 3 is 2.42 bits per heavy atom. The maximum atomic E-state index is 4.72. The molecule has 26 heavy (non-hydrogen) atoms. The number of aromatic nitrogens is 3. The first-order valence-corrected chi connectivity index (χ1v) is 8.75. The molecule has 3 aromatic carbocycles. The van der Waals surface area contributed by atoms with Gasteiger partial charge >= 0.3 is 0 Å². The minimum atomic E-state index is 1.01. The normalized spacial score (nSPS) is 11.5. The molecule has 5 aromatic rings. The molecular formula is C23H18N3+. The lowest BCUT2D eigenvalue weighted by molar-refractivity contribution is -0.644. The van der Waals surface area contributed by atoms with Gasteiger partial charge in [-0.15, -0.1) is 0 Å². The van der Waals surface area contributed by atoms with E-state index in [1.54, 1.807) is 6.33 Å². The fourth-order valence-corrected chi connectivity index (χ4v) is 3.98. The lowest BCUT2D eigenvalue weighted by Gasteiger charge is -2.13. The van der Waals surface area contributed by atoms with Gasteiger partial charge < -0.3 is 0 Å². The Morgan fingerprint density at radius 1 is 0.769 bits per heavy atom. The Hall–Kier alpha value is -3.33. The molecule has 0 unspecified atom stereocenters. The summed E-state index contributed by atoms with van der Waals surface area (Å²) in [4.78, 5) is 9.21. The molecular weight excluding hydrogens is 318 g/mol. The average molecular weight is 336 g/mol. The van der Waals surface area contributed by atoms with E-state index in [0.29, 0.717) is 0 Å². The van der Waals surface area contributed by atoms with Gasteiger partial charge in [-0.1, -0.05) is 48.5 Å². The standard InChI is InChI=1S/C23H18N3/c1-15-20-22(25-14-24-15)21-17(16-8-4-3-5-9-16)10-6-11-18(21)19-12-7-13-26(2)23(19)20/h3-14H,1-2H3/q+1. The van der Waals surface area contributed by atoms with E-state index in [0.717, 1.165) is 16.6 Å². The predicted molar refractivity (Wildman–Crippen MR) is 106 cm³/mol. The molecule has 0 saturated carbocycles. The third-order valence-corrected chi connectivity index (χ3v) is 5.13. The van der Waals surface area contributed by atoms with Crippen LogP contribution in [-0.4, -0.2) is 9.97 Å². The molecule has 0 atom stereocenters. The Balaban J connectivity index is 2.13. The van der Waals surface area contributed by atoms with E-state index < -0.39 is 0 Å². The molecule has 0 bridgehead atoms. The van der Waals surface area contributed by atoms with Crippen LogP contribution in [0.5, 0.6) is 0 Å².